The van der Waals surface area contributed by atoms with Crippen molar-refractivity contribution in [3.63, 3.8) is 0 Å². The number of halogens is 2. The SMILES string of the molecule is CN(C(=O)NCc1cccc(F)c1Cl)C(CCCNCCNC(=O)OC(C)(C)C)COC(=O)Nc1cc2ccccc2cn1. The Labute approximate surface area is 261 Å². The highest BCUT2D eigenvalue weighted by Gasteiger charge is 2.22. The first kappa shape index (κ1) is 34.3. The Hall–Kier alpha value is -4.16. The number of amides is 4. The molecule has 1 unspecified atom stereocenters. The minimum Gasteiger partial charge on any atom is -0.447 e. The van der Waals surface area contributed by atoms with Crippen LogP contribution in [0.25, 0.3) is 10.8 Å². The molecule has 4 amide bonds. The molecule has 2 aromatic carbocycles. The normalized spacial score (nSPS) is 11.9. The van der Waals surface area contributed by atoms with E-state index in [0.717, 1.165) is 10.8 Å². The molecule has 13 heteroatoms. The van der Waals surface area contributed by atoms with Crippen molar-refractivity contribution in [2.45, 2.75) is 51.8 Å². The number of nitrogens with zero attached hydrogens (tertiary/aromatic N) is 2. The molecule has 3 rings (SSSR count). The first-order valence-corrected chi connectivity index (χ1v) is 14.7. The van der Waals surface area contributed by atoms with Gasteiger partial charge >= 0.3 is 18.2 Å². The molecular formula is C31H40ClFN6O5. The van der Waals surface area contributed by atoms with E-state index >= 15 is 0 Å². The zero-order valence-electron chi connectivity index (χ0n) is 25.4. The van der Waals surface area contributed by atoms with Crippen LogP contribution in [-0.4, -0.2) is 73.0 Å². The van der Waals surface area contributed by atoms with Gasteiger partial charge < -0.3 is 30.3 Å². The Balaban J connectivity index is 1.52. The predicted octanol–water partition coefficient (Wildman–Crippen LogP) is 5.68. The Bertz CT molecular complexity index is 1420. The van der Waals surface area contributed by atoms with Crippen LogP contribution in [0.5, 0.6) is 0 Å². The third-order valence-corrected chi connectivity index (χ3v) is 6.88. The van der Waals surface area contributed by atoms with Crippen LogP contribution in [0.3, 0.4) is 0 Å². The number of anilines is 1. The Morgan fingerprint density at radius 1 is 1.00 bits per heavy atom. The molecule has 4 N–H and O–H groups in total. The smallest absolute Gasteiger partial charge is 0.412 e. The average Bonchev–Trinajstić information content (AvgIpc) is 2.97. The summed E-state index contributed by atoms with van der Waals surface area (Å²) >= 11 is 6.02. The monoisotopic (exact) mass is 630 g/mol. The number of nitrogens with one attached hydrogen (secondary N) is 4. The van der Waals surface area contributed by atoms with Crippen LogP contribution in [0.15, 0.2) is 54.7 Å². The maximum Gasteiger partial charge on any atom is 0.412 e. The van der Waals surface area contributed by atoms with E-state index in [1.165, 1.54) is 17.0 Å². The maximum atomic E-state index is 13.8. The van der Waals surface area contributed by atoms with Gasteiger partial charge in [0.1, 0.15) is 23.8 Å². The number of hydrogen-bond acceptors (Lipinski definition) is 7. The molecule has 3 aromatic rings. The highest BCUT2D eigenvalue weighted by Crippen LogP contribution is 2.20. The second-order valence-corrected chi connectivity index (χ2v) is 11.5. The van der Waals surface area contributed by atoms with Gasteiger partial charge in [-0.15, -0.1) is 0 Å². The molecule has 0 saturated heterocycles. The third-order valence-electron chi connectivity index (χ3n) is 6.46. The number of ether oxygens (including phenoxy) is 2. The van der Waals surface area contributed by atoms with Crippen molar-refractivity contribution in [1.29, 1.82) is 0 Å². The van der Waals surface area contributed by atoms with Gasteiger partial charge in [0.25, 0.3) is 0 Å². The molecule has 0 fully saturated rings. The highest BCUT2D eigenvalue weighted by molar-refractivity contribution is 6.31. The fourth-order valence-corrected chi connectivity index (χ4v) is 4.35. The molecule has 0 aliphatic rings. The molecule has 0 saturated carbocycles. The number of pyridine rings is 1. The van der Waals surface area contributed by atoms with Gasteiger partial charge in [-0.1, -0.05) is 48.0 Å². The van der Waals surface area contributed by atoms with Gasteiger partial charge in [0.2, 0.25) is 0 Å². The van der Waals surface area contributed by atoms with E-state index in [1.54, 1.807) is 46.1 Å². The summed E-state index contributed by atoms with van der Waals surface area (Å²) in [5.74, 6) is -0.230. The summed E-state index contributed by atoms with van der Waals surface area (Å²) in [5, 5.41) is 13.1. The zero-order chi connectivity index (χ0) is 32.1. The van der Waals surface area contributed by atoms with Gasteiger partial charge in [-0.3, -0.25) is 5.32 Å². The van der Waals surface area contributed by atoms with Crippen molar-refractivity contribution in [1.82, 2.24) is 25.8 Å². The van der Waals surface area contributed by atoms with Crippen molar-refractivity contribution >= 4 is 46.4 Å². The van der Waals surface area contributed by atoms with Crippen molar-refractivity contribution in [3.05, 3.63) is 71.1 Å². The predicted molar refractivity (Wildman–Crippen MR) is 168 cm³/mol. The van der Waals surface area contributed by atoms with Gasteiger partial charge in [0.15, 0.2) is 0 Å². The van der Waals surface area contributed by atoms with Crippen LogP contribution in [0.1, 0.15) is 39.2 Å². The van der Waals surface area contributed by atoms with E-state index in [9.17, 15) is 18.8 Å². The van der Waals surface area contributed by atoms with Crippen LogP contribution >= 0.6 is 11.6 Å². The number of alkyl carbamates (subject to hydrolysis) is 1. The molecule has 1 heterocycles. The first-order valence-electron chi connectivity index (χ1n) is 14.3. The number of urea groups is 1. The Kier molecular flexibility index (Phi) is 13.0. The molecule has 0 spiro atoms. The van der Waals surface area contributed by atoms with Crippen molar-refractivity contribution in [2.75, 3.05) is 38.6 Å². The number of benzene rings is 2. The summed E-state index contributed by atoms with van der Waals surface area (Å²) in [5.41, 5.74) is -0.132. The van der Waals surface area contributed by atoms with E-state index in [-0.39, 0.29) is 18.2 Å². The molecule has 0 radical (unpaired) electrons. The number of rotatable bonds is 13. The standard InChI is InChI=1S/C31H40ClFN6O5/c1-31(2,3)44-29(41)35-16-15-34-14-8-12-24(39(4)28(40)37-19-23-11-7-13-25(33)27(23)32)20-43-30(42)38-26-17-21-9-5-6-10-22(21)18-36-26/h5-7,9-11,13,17-18,24,34H,8,12,14-16,19-20H2,1-4H3,(H,35,41)(H,37,40)(H,36,38,42). The van der Waals surface area contributed by atoms with Gasteiger partial charge in [0, 0.05) is 38.3 Å². The molecule has 1 atom stereocenters. The molecule has 0 aliphatic carbocycles. The van der Waals surface area contributed by atoms with Gasteiger partial charge in [-0.2, -0.15) is 0 Å². The van der Waals surface area contributed by atoms with Gasteiger partial charge in [-0.05, 0) is 63.2 Å². The molecule has 0 aliphatic heterocycles. The van der Waals surface area contributed by atoms with Crippen molar-refractivity contribution in [2.24, 2.45) is 0 Å². The topological polar surface area (TPSA) is 134 Å². The molecule has 1 aromatic heterocycles. The number of carbonyl (C=O) groups excluding carboxylic acids is 3. The summed E-state index contributed by atoms with van der Waals surface area (Å²) in [7, 11) is 1.59. The lowest BCUT2D eigenvalue weighted by Gasteiger charge is -2.28. The Morgan fingerprint density at radius 3 is 2.50 bits per heavy atom. The van der Waals surface area contributed by atoms with E-state index in [0.29, 0.717) is 43.9 Å². The van der Waals surface area contributed by atoms with Gasteiger partial charge in [0.05, 0.1) is 11.1 Å². The summed E-state index contributed by atoms with van der Waals surface area (Å²) in [6.45, 7) is 6.82. The summed E-state index contributed by atoms with van der Waals surface area (Å²) in [4.78, 5) is 43.1. The minimum atomic E-state index is -0.704. The van der Waals surface area contributed by atoms with E-state index in [1.807, 2.05) is 24.3 Å². The van der Waals surface area contributed by atoms with Crippen molar-refractivity contribution in [3.8, 4) is 0 Å². The van der Waals surface area contributed by atoms with E-state index < -0.39 is 35.7 Å². The molecule has 44 heavy (non-hydrogen) atoms. The van der Waals surface area contributed by atoms with Crippen LogP contribution < -0.4 is 21.3 Å². The number of carbonyl (C=O) groups is 3. The third kappa shape index (κ3) is 11.5. The van der Waals surface area contributed by atoms with E-state index in [4.69, 9.17) is 21.1 Å². The Morgan fingerprint density at radius 2 is 1.75 bits per heavy atom. The van der Waals surface area contributed by atoms with Crippen LogP contribution in [0.2, 0.25) is 5.02 Å². The fraction of sp³-hybridized carbons (Fsp3) is 0.419. The number of hydrogen-bond donors (Lipinski definition) is 4. The minimum absolute atomic E-state index is 0.0215. The lowest BCUT2D eigenvalue weighted by atomic mass is 10.1. The average molecular weight is 631 g/mol. The number of aromatic nitrogens is 1. The van der Waals surface area contributed by atoms with E-state index in [2.05, 4.69) is 26.3 Å². The summed E-state index contributed by atoms with van der Waals surface area (Å²) < 4.78 is 24.5. The second kappa shape index (κ2) is 16.6. The molecular weight excluding hydrogens is 591 g/mol. The largest absolute Gasteiger partial charge is 0.447 e. The fourth-order valence-electron chi connectivity index (χ4n) is 4.15. The molecule has 238 valence electrons. The number of likely N-dealkylation sites (N-methyl/N-ethyl adjacent to an activating group) is 1. The van der Waals surface area contributed by atoms with Crippen molar-refractivity contribution < 1.29 is 28.2 Å². The lowest BCUT2D eigenvalue weighted by Crippen LogP contribution is -2.46. The van der Waals surface area contributed by atoms with Gasteiger partial charge in [-0.25, -0.2) is 23.8 Å². The lowest BCUT2D eigenvalue weighted by molar-refractivity contribution is 0.0528. The van der Waals surface area contributed by atoms with Crippen LogP contribution in [0.4, 0.5) is 24.6 Å². The number of fused-ring (bicyclic) bond motifs is 1. The second-order valence-electron chi connectivity index (χ2n) is 11.1. The molecule has 0 bridgehead atoms. The first-order chi connectivity index (χ1) is 20.9. The maximum absolute atomic E-state index is 13.8. The van der Waals surface area contributed by atoms with Crippen LogP contribution in [0, 0.1) is 5.82 Å². The molecule has 11 nitrogen and oxygen atoms in total. The highest BCUT2D eigenvalue weighted by atomic mass is 35.5. The summed E-state index contributed by atoms with van der Waals surface area (Å²) in [6.07, 6.45) is 1.61. The summed E-state index contributed by atoms with van der Waals surface area (Å²) in [6, 6.07) is 12.8. The zero-order valence-corrected chi connectivity index (χ0v) is 26.2. The van der Waals surface area contributed by atoms with Crippen LogP contribution in [-0.2, 0) is 16.0 Å². The quantitative estimate of drug-likeness (QED) is 0.179.